The monoisotopic (exact) mass is 556 g/mol. The second-order valence-corrected chi connectivity index (χ2v) is 9.71. The number of piperidine rings is 1. The molecule has 1 fully saturated rings. The lowest BCUT2D eigenvalue weighted by Crippen LogP contribution is -2.62. The number of nitrogens with one attached hydrogen (secondary N) is 2. The number of carbonyl (C=O) groups is 1. The van der Waals surface area contributed by atoms with Gasteiger partial charge >= 0.3 is 18.0 Å². The van der Waals surface area contributed by atoms with E-state index in [4.69, 9.17) is 4.74 Å². The van der Waals surface area contributed by atoms with E-state index in [1.165, 1.54) is 24.7 Å². The highest BCUT2D eigenvalue weighted by Crippen LogP contribution is 2.40. The van der Waals surface area contributed by atoms with Gasteiger partial charge in [0.2, 0.25) is 0 Å². The van der Waals surface area contributed by atoms with Crippen molar-refractivity contribution in [1.29, 1.82) is 0 Å². The third-order valence-corrected chi connectivity index (χ3v) is 7.34. The van der Waals surface area contributed by atoms with Crippen LogP contribution in [0.4, 0.5) is 26.3 Å². The molecule has 4 rings (SSSR count). The van der Waals surface area contributed by atoms with E-state index in [9.17, 15) is 35.9 Å². The molecule has 13 heteroatoms. The lowest BCUT2D eigenvalue weighted by atomic mass is 9.74. The highest BCUT2D eigenvalue weighted by atomic mass is 19.4. The molecule has 1 aliphatic rings. The van der Waals surface area contributed by atoms with Gasteiger partial charge in [-0.3, -0.25) is 9.36 Å². The lowest BCUT2D eigenvalue weighted by Gasteiger charge is -2.46. The summed E-state index contributed by atoms with van der Waals surface area (Å²) in [7, 11) is 0. The Morgan fingerprint density at radius 1 is 1.05 bits per heavy atom. The Hall–Kier alpha value is -3.45. The number of aromatic amines is 1. The standard InChI is InChI=1S/C26H26F6N4O3/c1-16(18-10-20(25(27,28)29)12-21(11-18)26(30,31)32)39-14-23(19-6-4-3-5-7-19)8-9-24(13-33-23,17(2)37)36-15-34-35-22(36)38/h3-7,10-12,15-16,33H,8-9,13-14H2,1-2H3,(H,35,38)/t16-,23-,24+/m1/s1. The number of hydrogen-bond acceptors (Lipinski definition) is 5. The van der Waals surface area contributed by atoms with Crippen molar-refractivity contribution in [3.05, 3.63) is 87.6 Å². The smallest absolute Gasteiger partial charge is 0.372 e. The maximum absolute atomic E-state index is 13.4. The van der Waals surface area contributed by atoms with E-state index >= 15 is 0 Å². The maximum atomic E-state index is 13.4. The molecule has 2 N–H and O–H groups in total. The van der Waals surface area contributed by atoms with Crippen LogP contribution in [0.15, 0.2) is 59.7 Å². The van der Waals surface area contributed by atoms with Crippen molar-refractivity contribution < 1.29 is 35.9 Å². The van der Waals surface area contributed by atoms with E-state index in [0.29, 0.717) is 12.1 Å². The van der Waals surface area contributed by atoms with Gasteiger partial charge in [0.1, 0.15) is 11.9 Å². The Morgan fingerprint density at radius 3 is 2.13 bits per heavy atom. The summed E-state index contributed by atoms with van der Waals surface area (Å²) in [5.41, 5.74) is -5.13. The van der Waals surface area contributed by atoms with Gasteiger partial charge in [-0.05, 0) is 56.0 Å². The molecule has 0 amide bonds. The maximum Gasteiger partial charge on any atom is 0.416 e. The SMILES string of the molecule is CC(=O)[C@]1(n2cn[nH]c2=O)CC[C@@](CO[C@H](C)c2cc(C(F)(F)F)cc(C(F)(F)F)c2)(c2ccccc2)NC1. The van der Waals surface area contributed by atoms with Crippen LogP contribution in [0.2, 0.25) is 0 Å². The molecule has 39 heavy (non-hydrogen) atoms. The number of benzene rings is 2. The number of H-pyrrole nitrogens is 1. The van der Waals surface area contributed by atoms with Crippen LogP contribution in [0.3, 0.4) is 0 Å². The van der Waals surface area contributed by atoms with Crippen molar-refractivity contribution in [3.8, 4) is 0 Å². The molecule has 2 heterocycles. The average molecular weight is 557 g/mol. The Labute approximate surface area is 219 Å². The van der Waals surface area contributed by atoms with Crippen molar-refractivity contribution in [2.24, 2.45) is 0 Å². The summed E-state index contributed by atoms with van der Waals surface area (Å²) < 4.78 is 87.3. The fourth-order valence-corrected chi connectivity index (χ4v) is 4.93. The minimum Gasteiger partial charge on any atom is -0.372 e. The zero-order valence-electron chi connectivity index (χ0n) is 21.0. The van der Waals surface area contributed by atoms with Gasteiger partial charge in [-0.25, -0.2) is 9.89 Å². The molecule has 0 unspecified atom stereocenters. The largest absolute Gasteiger partial charge is 0.416 e. The van der Waals surface area contributed by atoms with Crippen LogP contribution >= 0.6 is 0 Å². The van der Waals surface area contributed by atoms with Crippen molar-refractivity contribution >= 4 is 5.78 Å². The number of aromatic nitrogens is 3. The van der Waals surface area contributed by atoms with Gasteiger partial charge in [0, 0.05) is 6.54 Å². The molecule has 0 bridgehead atoms. The molecule has 1 aliphatic heterocycles. The van der Waals surface area contributed by atoms with Crippen LogP contribution in [-0.2, 0) is 33.0 Å². The van der Waals surface area contributed by atoms with Crippen LogP contribution in [0.5, 0.6) is 0 Å². The number of rotatable bonds is 7. The number of halogens is 6. The highest BCUT2D eigenvalue weighted by molar-refractivity contribution is 5.84. The topological polar surface area (TPSA) is 89.0 Å². The molecule has 0 spiro atoms. The number of ether oxygens (including phenoxy) is 1. The third-order valence-electron chi connectivity index (χ3n) is 7.34. The fraction of sp³-hybridized carbons (Fsp3) is 0.423. The van der Waals surface area contributed by atoms with Gasteiger partial charge in [0.15, 0.2) is 5.78 Å². The zero-order chi connectivity index (χ0) is 28.6. The number of alkyl halides is 6. The van der Waals surface area contributed by atoms with Crippen LogP contribution in [0.1, 0.15) is 55.0 Å². The summed E-state index contributed by atoms with van der Waals surface area (Å²) in [4.78, 5) is 25.0. The number of nitrogens with zero attached hydrogens (tertiary/aromatic N) is 2. The molecule has 3 aromatic rings. The van der Waals surface area contributed by atoms with E-state index < -0.39 is 46.4 Å². The van der Waals surface area contributed by atoms with Crippen LogP contribution in [0.25, 0.3) is 0 Å². The van der Waals surface area contributed by atoms with Crippen molar-refractivity contribution in [2.45, 2.75) is 56.2 Å². The number of hydrogen-bond donors (Lipinski definition) is 2. The summed E-state index contributed by atoms with van der Waals surface area (Å²) in [6.45, 7) is 2.61. The third kappa shape index (κ3) is 5.64. The quantitative estimate of drug-likeness (QED) is 0.402. The first-order chi connectivity index (χ1) is 18.2. The number of ketones is 1. The second kappa shape index (κ2) is 10.3. The van der Waals surface area contributed by atoms with E-state index in [1.807, 2.05) is 0 Å². The molecular formula is C26H26F6N4O3. The minimum absolute atomic E-state index is 0.0101. The predicted octanol–water partition coefficient (Wildman–Crippen LogP) is 4.95. The van der Waals surface area contributed by atoms with E-state index in [-0.39, 0.29) is 43.4 Å². The molecule has 0 radical (unpaired) electrons. The van der Waals surface area contributed by atoms with Gasteiger partial charge in [-0.2, -0.15) is 31.4 Å². The predicted molar refractivity (Wildman–Crippen MR) is 128 cm³/mol. The Bertz CT molecular complexity index is 1340. The van der Waals surface area contributed by atoms with Gasteiger partial charge < -0.3 is 10.1 Å². The molecular weight excluding hydrogens is 530 g/mol. The number of carbonyl (C=O) groups excluding carboxylic acids is 1. The van der Waals surface area contributed by atoms with E-state index in [0.717, 1.165) is 5.56 Å². The molecule has 0 saturated carbocycles. The molecule has 3 atom stereocenters. The van der Waals surface area contributed by atoms with Crippen LogP contribution < -0.4 is 11.0 Å². The van der Waals surface area contributed by atoms with Crippen molar-refractivity contribution in [1.82, 2.24) is 20.1 Å². The summed E-state index contributed by atoms with van der Waals surface area (Å²) in [6.07, 6.45) is -9.39. The van der Waals surface area contributed by atoms with Gasteiger partial charge in [0.05, 0.1) is 29.4 Å². The zero-order valence-corrected chi connectivity index (χ0v) is 21.0. The van der Waals surface area contributed by atoms with Crippen molar-refractivity contribution in [2.75, 3.05) is 13.2 Å². The molecule has 1 saturated heterocycles. The fourth-order valence-electron chi connectivity index (χ4n) is 4.93. The number of Topliss-reactive ketones (excluding diaryl/α,β-unsaturated/α-hetero) is 1. The lowest BCUT2D eigenvalue weighted by molar-refractivity contribution is -0.143. The van der Waals surface area contributed by atoms with Gasteiger partial charge in [0.25, 0.3) is 0 Å². The first-order valence-electron chi connectivity index (χ1n) is 12.0. The van der Waals surface area contributed by atoms with Crippen molar-refractivity contribution in [3.63, 3.8) is 0 Å². The first-order valence-corrected chi connectivity index (χ1v) is 12.0. The van der Waals surface area contributed by atoms with Gasteiger partial charge in [-0.15, -0.1) is 0 Å². The molecule has 2 aromatic carbocycles. The Balaban J connectivity index is 1.64. The normalized spacial score (nSPS) is 23.0. The molecule has 0 aliphatic carbocycles. The molecule has 7 nitrogen and oxygen atoms in total. The summed E-state index contributed by atoms with van der Waals surface area (Å²) >= 11 is 0. The second-order valence-electron chi connectivity index (χ2n) is 9.71. The summed E-state index contributed by atoms with van der Waals surface area (Å²) in [5.74, 6) is -0.280. The first kappa shape index (κ1) is 28.6. The average Bonchev–Trinajstić information content (AvgIpc) is 3.33. The van der Waals surface area contributed by atoms with Crippen LogP contribution in [0, 0.1) is 0 Å². The van der Waals surface area contributed by atoms with E-state index in [1.54, 1.807) is 30.3 Å². The summed E-state index contributed by atoms with van der Waals surface area (Å²) in [6, 6.07) is 10.3. The van der Waals surface area contributed by atoms with Gasteiger partial charge in [-0.1, -0.05) is 30.3 Å². The van der Waals surface area contributed by atoms with Crippen LogP contribution in [-0.4, -0.2) is 33.7 Å². The Morgan fingerprint density at radius 2 is 1.67 bits per heavy atom. The molecule has 210 valence electrons. The Kier molecular flexibility index (Phi) is 7.52. The molecule has 1 aromatic heterocycles. The summed E-state index contributed by atoms with van der Waals surface area (Å²) in [5, 5.41) is 9.31. The minimum atomic E-state index is -4.98. The van der Waals surface area contributed by atoms with E-state index in [2.05, 4.69) is 15.5 Å². The highest BCUT2D eigenvalue weighted by Gasteiger charge is 2.48.